The molecular formula is C15H18N2OS. The number of nitrogen functional groups attached to an aromatic ring is 1. The smallest absolute Gasteiger partial charge is 0.180 e. The summed E-state index contributed by atoms with van der Waals surface area (Å²) < 4.78 is 5.94. The van der Waals surface area contributed by atoms with Crippen molar-refractivity contribution in [3.8, 4) is 5.75 Å². The Hall–Kier alpha value is -1.55. The van der Waals surface area contributed by atoms with Gasteiger partial charge in [0.2, 0.25) is 0 Å². The number of ether oxygens (including phenoxy) is 1. The van der Waals surface area contributed by atoms with E-state index in [1.165, 1.54) is 41.7 Å². The third-order valence-electron chi connectivity index (χ3n) is 3.54. The van der Waals surface area contributed by atoms with Gasteiger partial charge in [0.15, 0.2) is 5.13 Å². The molecule has 0 bridgehead atoms. The Kier molecular flexibility index (Phi) is 3.69. The third-order valence-corrected chi connectivity index (χ3v) is 4.26. The van der Waals surface area contributed by atoms with Crippen molar-refractivity contribution in [3.05, 3.63) is 40.4 Å². The number of nitrogens with two attached hydrogens (primary N) is 1. The number of nitrogens with zero attached hydrogens (tertiary/aromatic N) is 1. The molecule has 100 valence electrons. The van der Waals surface area contributed by atoms with E-state index >= 15 is 0 Å². The average Bonchev–Trinajstić information content (AvgIpc) is 2.85. The van der Waals surface area contributed by atoms with Crippen molar-refractivity contribution in [2.75, 3.05) is 12.3 Å². The molecule has 1 heterocycles. The van der Waals surface area contributed by atoms with E-state index in [4.69, 9.17) is 10.5 Å². The van der Waals surface area contributed by atoms with Crippen LogP contribution in [0.15, 0.2) is 23.6 Å². The molecular weight excluding hydrogens is 256 g/mol. The molecule has 0 radical (unpaired) electrons. The van der Waals surface area contributed by atoms with Crippen LogP contribution in [0.5, 0.6) is 5.75 Å². The monoisotopic (exact) mass is 274 g/mol. The predicted molar refractivity (Wildman–Crippen MR) is 78.8 cm³/mol. The Bertz CT molecular complexity index is 565. The second-order valence-corrected chi connectivity index (χ2v) is 5.77. The summed E-state index contributed by atoms with van der Waals surface area (Å²) in [5.41, 5.74) is 9.51. The van der Waals surface area contributed by atoms with Crippen molar-refractivity contribution in [1.29, 1.82) is 0 Å². The Balaban J connectivity index is 1.64. The lowest BCUT2D eigenvalue weighted by molar-refractivity contribution is 0.316. The van der Waals surface area contributed by atoms with Gasteiger partial charge in [0.25, 0.3) is 0 Å². The van der Waals surface area contributed by atoms with Gasteiger partial charge in [-0.1, -0.05) is 12.1 Å². The van der Waals surface area contributed by atoms with E-state index in [1.54, 1.807) is 0 Å². The summed E-state index contributed by atoms with van der Waals surface area (Å²) in [4.78, 5) is 4.25. The number of benzene rings is 1. The van der Waals surface area contributed by atoms with Crippen LogP contribution in [0.3, 0.4) is 0 Å². The van der Waals surface area contributed by atoms with Gasteiger partial charge in [0.1, 0.15) is 5.75 Å². The Morgan fingerprint density at radius 3 is 3.00 bits per heavy atom. The maximum Gasteiger partial charge on any atom is 0.180 e. The first-order valence-electron chi connectivity index (χ1n) is 6.76. The maximum absolute atomic E-state index is 5.94. The molecule has 0 aliphatic heterocycles. The molecule has 1 aromatic carbocycles. The van der Waals surface area contributed by atoms with Crippen LogP contribution < -0.4 is 10.5 Å². The van der Waals surface area contributed by atoms with E-state index in [2.05, 4.69) is 23.2 Å². The van der Waals surface area contributed by atoms with Crippen LogP contribution >= 0.6 is 11.3 Å². The molecule has 0 atom stereocenters. The standard InChI is InChI=1S/C15H18N2OS/c16-15-17-12(10-19-15)8-9-18-14-7-3-5-11-4-1-2-6-13(11)14/h3,5,7,10H,1-2,4,6,8-9H2,(H2,16,17). The highest BCUT2D eigenvalue weighted by molar-refractivity contribution is 7.13. The zero-order chi connectivity index (χ0) is 13.1. The first-order valence-corrected chi connectivity index (χ1v) is 7.64. The molecule has 1 aliphatic rings. The van der Waals surface area contributed by atoms with Crippen molar-refractivity contribution in [2.45, 2.75) is 32.1 Å². The molecule has 2 aromatic rings. The van der Waals surface area contributed by atoms with Crippen molar-refractivity contribution in [1.82, 2.24) is 4.98 Å². The van der Waals surface area contributed by atoms with E-state index in [-0.39, 0.29) is 0 Å². The quantitative estimate of drug-likeness (QED) is 0.931. The van der Waals surface area contributed by atoms with Crippen LogP contribution in [-0.2, 0) is 19.3 Å². The topological polar surface area (TPSA) is 48.1 Å². The fourth-order valence-corrected chi connectivity index (χ4v) is 3.18. The molecule has 3 nitrogen and oxygen atoms in total. The number of aromatic nitrogens is 1. The van der Waals surface area contributed by atoms with Gasteiger partial charge in [-0.15, -0.1) is 11.3 Å². The summed E-state index contributed by atoms with van der Waals surface area (Å²) >= 11 is 1.48. The maximum atomic E-state index is 5.94. The van der Waals surface area contributed by atoms with Crippen LogP contribution in [0.1, 0.15) is 29.7 Å². The fourth-order valence-electron chi connectivity index (χ4n) is 2.58. The number of thiazole rings is 1. The minimum atomic E-state index is 0.632. The Labute approximate surface area is 117 Å². The van der Waals surface area contributed by atoms with E-state index < -0.39 is 0 Å². The minimum Gasteiger partial charge on any atom is -0.493 e. The molecule has 3 rings (SSSR count). The van der Waals surface area contributed by atoms with Gasteiger partial charge in [0.05, 0.1) is 12.3 Å². The third kappa shape index (κ3) is 2.89. The normalized spacial score (nSPS) is 14.1. The lowest BCUT2D eigenvalue weighted by atomic mass is 9.91. The molecule has 0 saturated heterocycles. The summed E-state index contributed by atoms with van der Waals surface area (Å²) in [6.07, 6.45) is 5.73. The molecule has 0 amide bonds. The second kappa shape index (κ2) is 5.61. The lowest BCUT2D eigenvalue weighted by Gasteiger charge is -2.19. The van der Waals surface area contributed by atoms with Gasteiger partial charge in [-0.2, -0.15) is 0 Å². The van der Waals surface area contributed by atoms with Crippen LogP contribution in [-0.4, -0.2) is 11.6 Å². The van der Waals surface area contributed by atoms with Gasteiger partial charge < -0.3 is 10.5 Å². The largest absolute Gasteiger partial charge is 0.493 e. The highest BCUT2D eigenvalue weighted by Crippen LogP contribution is 2.29. The van der Waals surface area contributed by atoms with Gasteiger partial charge in [0, 0.05) is 11.8 Å². The highest BCUT2D eigenvalue weighted by atomic mass is 32.1. The highest BCUT2D eigenvalue weighted by Gasteiger charge is 2.13. The lowest BCUT2D eigenvalue weighted by Crippen LogP contribution is -2.08. The summed E-state index contributed by atoms with van der Waals surface area (Å²) in [5, 5.41) is 2.63. The molecule has 0 unspecified atom stereocenters. The number of anilines is 1. The average molecular weight is 274 g/mol. The van der Waals surface area contributed by atoms with Crippen LogP contribution in [0, 0.1) is 0 Å². The summed E-state index contributed by atoms with van der Waals surface area (Å²) in [6.45, 7) is 0.666. The number of rotatable bonds is 4. The van der Waals surface area contributed by atoms with Crippen LogP contribution in [0.25, 0.3) is 0 Å². The molecule has 2 N–H and O–H groups in total. The van der Waals surface area contributed by atoms with E-state index in [1.807, 2.05) is 5.38 Å². The molecule has 1 aliphatic carbocycles. The predicted octanol–water partition coefficient (Wildman–Crippen LogP) is 3.23. The SMILES string of the molecule is Nc1nc(CCOc2cccc3c2CCCC3)cs1. The van der Waals surface area contributed by atoms with Gasteiger partial charge >= 0.3 is 0 Å². The summed E-state index contributed by atoms with van der Waals surface area (Å²) in [5.74, 6) is 1.06. The number of aryl methyl sites for hydroxylation is 1. The number of hydrogen-bond acceptors (Lipinski definition) is 4. The van der Waals surface area contributed by atoms with Crippen molar-refractivity contribution in [2.24, 2.45) is 0 Å². The van der Waals surface area contributed by atoms with E-state index in [0.29, 0.717) is 11.7 Å². The molecule has 0 fully saturated rings. The number of fused-ring (bicyclic) bond motifs is 1. The van der Waals surface area contributed by atoms with E-state index in [0.717, 1.165) is 24.3 Å². The molecule has 4 heteroatoms. The van der Waals surface area contributed by atoms with E-state index in [9.17, 15) is 0 Å². The van der Waals surface area contributed by atoms with Gasteiger partial charge in [-0.3, -0.25) is 0 Å². The minimum absolute atomic E-state index is 0.632. The molecule has 0 saturated carbocycles. The Morgan fingerprint density at radius 1 is 1.26 bits per heavy atom. The van der Waals surface area contributed by atoms with Crippen LogP contribution in [0.4, 0.5) is 5.13 Å². The first kappa shape index (κ1) is 12.5. The van der Waals surface area contributed by atoms with Crippen LogP contribution in [0.2, 0.25) is 0 Å². The second-order valence-electron chi connectivity index (χ2n) is 4.88. The van der Waals surface area contributed by atoms with Gasteiger partial charge in [-0.05, 0) is 42.9 Å². The summed E-state index contributed by atoms with van der Waals surface area (Å²) in [6, 6.07) is 6.41. The van der Waals surface area contributed by atoms with Crippen molar-refractivity contribution in [3.63, 3.8) is 0 Å². The zero-order valence-electron chi connectivity index (χ0n) is 10.9. The fraction of sp³-hybridized carbons (Fsp3) is 0.400. The zero-order valence-corrected chi connectivity index (χ0v) is 11.7. The van der Waals surface area contributed by atoms with Crippen molar-refractivity contribution >= 4 is 16.5 Å². The molecule has 0 spiro atoms. The molecule has 1 aromatic heterocycles. The summed E-state index contributed by atoms with van der Waals surface area (Å²) in [7, 11) is 0. The van der Waals surface area contributed by atoms with Gasteiger partial charge in [-0.25, -0.2) is 4.98 Å². The van der Waals surface area contributed by atoms with Crippen molar-refractivity contribution < 1.29 is 4.74 Å². The Morgan fingerprint density at radius 2 is 2.16 bits per heavy atom. The number of hydrogen-bond donors (Lipinski definition) is 1. The molecule has 19 heavy (non-hydrogen) atoms. The first-order chi connectivity index (χ1) is 9.33.